The number of hydrogen-bond donors (Lipinski definition) is 1. The smallest absolute Gasteiger partial charge is 0.507 e. The Morgan fingerprint density at radius 3 is 1.80 bits per heavy atom. The molecule has 11 rings (SSSR count). The molecule has 1 aliphatic rings. The molecule has 0 saturated carbocycles. The maximum atomic E-state index is 13.1. The number of hydrogen-bond acceptors (Lipinski definition) is 3. The van der Waals surface area contributed by atoms with Gasteiger partial charge in [0.2, 0.25) is 0 Å². The van der Waals surface area contributed by atoms with Gasteiger partial charge in [0.1, 0.15) is 11.3 Å². The molecule has 0 fully saturated rings. The van der Waals surface area contributed by atoms with E-state index in [4.69, 9.17) is 9.40 Å². The topological polar surface area (TPSA) is 71.8 Å². The minimum Gasteiger partial charge on any atom is -0.507 e. The minimum absolute atomic E-state index is 0. The molecule has 352 valence electrons. The van der Waals surface area contributed by atoms with Crippen molar-refractivity contribution in [2.75, 3.05) is 4.90 Å². The van der Waals surface area contributed by atoms with Gasteiger partial charge in [0.25, 0.3) is 0 Å². The zero-order valence-electron chi connectivity index (χ0n) is 41.7. The SMILES string of the molecule is Cc1cc(C)c(-c2cccc(-c3c(C)cc(C)cc3C)c2-c2ccc(N(C(=[N-])c3ccc4c(n3)-c3c(O)cccc3CC4)c3c(C)cccc3C)c(C)c2-c2[c-]cc3c(c2)oc2ccccc23)c(C)c1.[Pt+2]. The zero-order chi connectivity index (χ0) is 48.7. The zero-order valence-corrected chi connectivity index (χ0v) is 44.0. The van der Waals surface area contributed by atoms with E-state index in [2.05, 4.69) is 165 Å². The van der Waals surface area contributed by atoms with Gasteiger partial charge in [-0.1, -0.05) is 142 Å². The van der Waals surface area contributed by atoms with E-state index in [0.717, 1.165) is 113 Å². The number of rotatable bonds is 7. The minimum atomic E-state index is -0.0147. The molecule has 0 spiro atoms. The number of amidine groups is 1. The number of aromatic hydroxyl groups is 1. The number of phenolic OH excluding ortho intramolecular Hbond substituents is 1. The summed E-state index contributed by atoms with van der Waals surface area (Å²) in [4.78, 5) is 7.18. The molecule has 6 heteroatoms. The van der Waals surface area contributed by atoms with Gasteiger partial charge < -0.3 is 19.8 Å². The van der Waals surface area contributed by atoms with E-state index in [0.29, 0.717) is 11.4 Å². The summed E-state index contributed by atoms with van der Waals surface area (Å²) in [6, 6.07) is 52.3. The fourth-order valence-corrected chi connectivity index (χ4v) is 11.8. The average molecular weight is 1110 g/mol. The first kappa shape index (κ1) is 47.4. The molecule has 8 aromatic carbocycles. The Labute approximate surface area is 431 Å². The maximum Gasteiger partial charge on any atom is 2.00 e. The molecule has 0 radical (unpaired) electrons. The van der Waals surface area contributed by atoms with Crippen molar-refractivity contribution in [1.82, 2.24) is 4.98 Å². The van der Waals surface area contributed by atoms with Gasteiger partial charge in [-0.15, -0.1) is 23.8 Å². The van der Waals surface area contributed by atoms with Crippen LogP contribution in [0.25, 0.3) is 83.1 Å². The second-order valence-electron chi connectivity index (χ2n) is 19.5. The molecule has 2 aromatic heterocycles. The van der Waals surface area contributed by atoms with E-state index >= 15 is 0 Å². The summed E-state index contributed by atoms with van der Waals surface area (Å²) in [7, 11) is 0. The fraction of sp³-hybridized carbons (Fsp3) is 0.169. The van der Waals surface area contributed by atoms with Gasteiger partial charge in [0.15, 0.2) is 0 Å². The Balaban J connectivity index is 0.00000582. The molecule has 2 heterocycles. The number of aryl methyl sites for hydroxylation is 10. The van der Waals surface area contributed by atoms with Gasteiger partial charge in [0, 0.05) is 5.56 Å². The Morgan fingerprint density at radius 2 is 1.14 bits per heavy atom. The summed E-state index contributed by atoms with van der Waals surface area (Å²) in [6.07, 6.45) is 1.60. The Bertz CT molecular complexity index is 3680. The van der Waals surface area contributed by atoms with Crippen molar-refractivity contribution >= 4 is 39.1 Å². The summed E-state index contributed by atoms with van der Waals surface area (Å²) in [5.74, 6) is 0.175. The summed E-state index contributed by atoms with van der Waals surface area (Å²) in [6.45, 7) is 19.6. The van der Waals surface area contributed by atoms with E-state index in [1.807, 2.05) is 41.3 Å². The van der Waals surface area contributed by atoms with E-state index in [1.165, 1.54) is 44.5 Å². The Hall–Kier alpha value is -7.33. The number of pyridine rings is 1. The molecule has 1 aliphatic carbocycles. The van der Waals surface area contributed by atoms with Crippen molar-refractivity contribution in [2.24, 2.45) is 0 Å². The molecular formula is C65H55N3O2Pt. The van der Waals surface area contributed by atoms with Crippen molar-refractivity contribution in [3.8, 4) is 61.5 Å². The first-order valence-electron chi connectivity index (χ1n) is 24.3. The molecule has 0 amide bonds. The van der Waals surface area contributed by atoms with E-state index in [1.54, 1.807) is 6.07 Å². The van der Waals surface area contributed by atoms with Crippen LogP contribution in [0.1, 0.15) is 66.9 Å². The summed E-state index contributed by atoms with van der Waals surface area (Å²) in [5.41, 5.74) is 26.1. The van der Waals surface area contributed by atoms with Crippen LogP contribution in [-0.4, -0.2) is 15.9 Å². The van der Waals surface area contributed by atoms with E-state index in [-0.39, 0.29) is 32.7 Å². The molecule has 10 aromatic rings. The van der Waals surface area contributed by atoms with Gasteiger partial charge in [-0.3, -0.25) is 0 Å². The van der Waals surface area contributed by atoms with Gasteiger partial charge in [-0.25, -0.2) is 4.98 Å². The van der Waals surface area contributed by atoms with Crippen LogP contribution in [0.15, 0.2) is 144 Å². The third kappa shape index (κ3) is 8.01. The van der Waals surface area contributed by atoms with Crippen molar-refractivity contribution < 1.29 is 30.6 Å². The van der Waals surface area contributed by atoms with Crippen LogP contribution < -0.4 is 4.90 Å². The number of fused-ring (bicyclic) bond motifs is 6. The van der Waals surface area contributed by atoms with Crippen LogP contribution in [0.5, 0.6) is 5.75 Å². The van der Waals surface area contributed by atoms with E-state index in [9.17, 15) is 10.5 Å². The van der Waals surface area contributed by atoms with Crippen molar-refractivity contribution in [1.29, 1.82) is 0 Å². The molecule has 5 nitrogen and oxygen atoms in total. The van der Waals surface area contributed by atoms with Crippen LogP contribution in [0.3, 0.4) is 0 Å². The second-order valence-corrected chi connectivity index (χ2v) is 19.5. The van der Waals surface area contributed by atoms with Gasteiger partial charge in [-0.2, -0.15) is 0 Å². The van der Waals surface area contributed by atoms with Crippen LogP contribution in [0.4, 0.5) is 11.4 Å². The van der Waals surface area contributed by atoms with E-state index < -0.39 is 0 Å². The Morgan fingerprint density at radius 1 is 0.549 bits per heavy atom. The first-order chi connectivity index (χ1) is 33.8. The van der Waals surface area contributed by atoms with Crippen LogP contribution in [-0.2, 0) is 33.9 Å². The quantitative estimate of drug-likeness (QED) is 0.0981. The summed E-state index contributed by atoms with van der Waals surface area (Å²) >= 11 is 0. The number of furan rings is 1. The average Bonchev–Trinajstić information content (AvgIpc) is 3.70. The van der Waals surface area contributed by atoms with Crippen LogP contribution in [0.2, 0.25) is 0 Å². The number of nitrogens with zero attached hydrogens (tertiary/aromatic N) is 3. The second kappa shape index (κ2) is 18.4. The number of phenols is 1. The predicted octanol–water partition coefficient (Wildman–Crippen LogP) is 16.8. The third-order valence-corrected chi connectivity index (χ3v) is 14.6. The predicted molar refractivity (Wildman–Crippen MR) is 292 cm³/mol. The third-order valence-electron chi connectivity index (χ3n) is 14.6. The summed E-state index contributed by atoms with van der Waals surface area (Å²) in [5, 5.41) is 26.4. The van der Waals surface area contributed by atoms with Gasteiger partial charge in [0.05, 0.1) is 17.0 Å². The molecule has 0 saturated heterocycles. The van der Waals surface area contributed by atoms with Crippen molar-refractivity contribution in [2.45, 2.75) is 75.2 Å². The molecule has 71 heavy (non-hydrogen) atoms. The molecule has 0 bridgehead atoms. The van der Waals surface area contributed by atoms with Gasteiger partial charge in [-0.05, 0) is 188 Å². The maximum absolute atomic E-state index is 13.1. The number of anilines is 2. The standard InChI is InChI=1S/C65H55N3O2.Pt/c1-36-31-40(5)58(41(6)32-36)50-19-14-20-51(59-42(7)33-37(2)34-43(59)8)62(50)52-28-30-54(44(9)60(52)47-25-27-49-48-18-10-11-22-56(48)70-57(49)35-47)68(64-38(3)15-12-16-39(64)4)65(66)53-29-26-46-24-23-45-17-13-21-55(69)61(45)63(46)67-53;/h10-22,26-35,69H,23-24H2,1-9H3;/q-2;+2. The molecule has 0 aliphatic heterocycles. The molecule has 1 N–H and O–H groups in total. The Kier molecular flexibility index (Phi) is 12.3. The normalized spacial score (nSPS) is 11.9. The fourth-order valence-electron chi connectivity index (χ4n) is 11.8. The summed E-state index contributed by atoms with van der Waals surface area (Å²) < 4.78 is 6.62. The van der Waals surface area contributed by atoms with Crippen LogP contribution in [0, 0.1) is 68.4 Å². The monoisotopic (exact) mass is 1100 g/mol. The number of benzene rings is 8. The number of aromatic nitrogens is 1. The van der Waals surface area contributed by atoms with Crippen LogP contribution >= 0.6 is 0 Å². The molecular weight excluding hydrogens is 1050 g/mol. The molecule has 0 unspecified atom stereocenters. The van der Waals surface area contributed by atoms with Crippen molar-refractivity contribution in [3.63, 3.8) is 0 Å². The first-order valence-corrected chi connectivity index (χ1v) is 24.3. The van der Waals surface area contributed by atoms with Crippen molar-refractivity contribution in [3.05, 3.63) is 218 Å². The number of para-hydroxylation sites is 2. The largest absolute Gasteiger partial charge is 2.00 e. The van der Waals surface area contributed by atoms with Gasteiger partial charge >= 0.3 is 21.1 Å². The molecule has 0 atom stereocenters.